The van der Waals surface area contributed by atoms with E-state index in [0.717, 1.165) is 0 Å². The lowest BCUT2D eigenvalue weighted by molar-refractivity contribution is -0.646. The second-order valence-electron chi connectivity index (χ2n) is 19.9. The molecule has 1 aliphatic heterocycles. The number of esters is 2. The summed E-state index contributed by atoms with van der Waals surface area (Å²) in [7, 11) is 8.70. The number of anilines is 1. The fourth-order valence-electron chi connectivity index (χ4n) is 10.6. The molecule has 0 radical (unpaired) electrons. The molecule has 0 bridgehead atoms. The van der Waals surface area contributed by atoms with Crippen LogP contribution < -0.4 is 19.9 Å². The van der Waals surface area contributed by atoms with Gasteiger partial charge in [0.25, 0.3) is 5.69 Å². The van der Waals surface area contributed by atoms with Gasteiger partial charge in [-0.1, -0.05) is 90.7 Å². The number of aromatic carboxylic acids is 2. The molecule has 3 heterocycles. The number of methoxy groups -OCH3 is 2. The summed E-state index contributed by atoms with van der Waals surface area (Å²) in [5, 5.41) is 60.4. The van der Waals surface area contributed by atoms with E-state index in [1.54, 1.807) is 68.4 Å². The minimum atomic E-state index is -1.34. The predicted octanol–water partition coefficient (Wildman–Crippen LogP) is 11.2. The molecular formula is C66H61N5O12. The lowest BCUT2D eigenvalue weighted by atomic mass is 9.79. The summed E-state index contributed by atoms with van der Waals surface area (Å²) in [6, 6.07) is 46.3. The number of benzene rings is 7. The third-order valence-corrected chi connectivity index (χ3v) is 14.7. The normalized spacial score (nSPS) is 12.3. The van der Waals surface area contributed by atoms with Gasteiger partial charge in [0, 0.05) is 95.5 Å². The van der Waals surface area contributed by atoms with Gasteiger partial charge in [0.05, 0.1) is 41.8 Å². The van der Waals surface area contributed by atoms with E-state index in [4.69, 9.17) is 9.47 Å². The monoisotopic (exact) mass is 1120 g/mol. The molecule has 83 heavy (non-hydrogen) atoms. The van der Waals surface area contributed by atoms with E-state index in [1.807, 2.05) is 0 Å². The highest BCUT2D eigenvalue weighted by Gasteiger charge is 2.40. The van der Waals surface area contributed by atoms with Crippen molar-refractivity contribution in [3.05, 3.63) is 235 Å². The number of para-hydroxylation sites is 2. The summed E-state index contributed by atoms with van der Waals surface area (Å²) in [6.45, 7) is 7.63. The topological polar surface area (TPSA) is 238 Å². The number of hydrogen-bond acceptors (Lipinski definition) is 12. The lowest BCUT2D eigenvalue weighted by Gasteiger charge is -2.29. The number of dihydropyridines is 1. The maximum Gasteiger partial charge on any atom is 0.339 e. The van der Waals surface area contributed by atoms with Crippen molar-refractivity contribution in [1.82, 2.24) is 9.88 Å². The van der Waals surface area contributed by atoms with Gasteiger partial charge in [0.15, 0.2) is 0 Å². The number of aromatic hydroxyl groups is 1. The zero-order valence-electron chi connectivity index (χ0n) is 47.2. The van der Waals surface area contributed by atoms with Crippen molar-refractivity contribution in [2.75, 3.05) is 33.2 Å². The van der Waals surface area contributed by atoms with Crippen molar-refractivity contribution in [2.24, 2.45) is 7.05 Å². The van der Waals surface area contributed by atoms with Crippen molar-refractivity contribution in [2.45, 2.75) is 40.0 Å². The number of aryl methyl sites for hydroxylation is 2. The predicted molar refractivity (Wildman–Crippen MR) is 318 cm³/mol. The number of carboxylic acids is 2. The molecule has 0 aliphatic carbocycles. The van der Waals surface area contributed by atoms with Gasteiger partial charge in [0.1, 0.15) is 18.4 Å². The zero-order chi connectivity index (χ0) is 60.0. The summed E-state index contributed by atoms with van der Waals surface area (Å²) in [6.07, 6.45) is 4.32. The Bertz CT molecular complexity index is 4020. The molecule has 0 saturated carbocycles. The standard InChI is InChI=1S/C26H28N3.C23H16O6.C17H18N2O6/c1-19-17-21(20(2)29(19)24-9-7-6-8-10-24)11-13-23-14-12-22-18-25(27(3)4)15-16-26(22)28(23)5;24-20-16(14-7-3-1-5-12(14)9-18(20)22(26)27)11-17-15-8-4-2-6-13(15)10-19(21(17)25)23(28)29;1-9-13(16(20)24-3)15(14(10(2)18-9)17(21)25-4)11-7-5-6-8-12(11)19(22)23/h6-18H,1-5H3;1-10,24-25H,11H2,(H,26,27)(H,28,29);5-8,15,18H,1-4H3/q+1;;/p-1. The number of phenols is 1. The molecule has 9 aromatic rings. The van der Waals surface area contributed by atoms with E-state index in [0.29, 0.717) is 32.9 Å². The van der Waals surface area contributed by atoms with Gasteiger partial charge in [-0.15, -0.1) is 0 Å². The first kappa shape index (κ1) is 58.6. The van der Waals surface area contributed by atoms with Crippen molar-refractivity contribution in [3.8, 4) is 17.2 Å². The Balaban J connectivity index is 0.000000163. The maximum atomic E-state index is 12.9. The van der Waals surface area contributed by atoms with Crippen LogP contribution in [0.4, 0.5) is 11.4 Å². The Morgan fingerprint density at radius 2 is 1.24 bits per heavy atom. The second kappa shape index (κ2) is 24.9. The molecule has 0 saturated heterocycles. The number of nitrogens with one attached hydrogen (secondary N) is 1. The van der Waals surface area contributed by atoms with E-state index in [2.05, 4.69) is 133 Å². The molecule has 7 aromatic carbocycles. The van der Waals surface area contributed by atoms with Gasteiger partial charge in [-0.2, -0.15) is 4.57 Å². The molecular weight excluding hydrogens is 1050 g/mol. The second-order valence-corrected chi connectivity index (χ2v) is 19.9. The Kier molecular flexibility index (Phi) is 17.5. The molecule has 422 valence electrons. The number of nitrogens with zero attached hydrogens (tertiary/aromatic N) is 4. The van der Waals surface area contributed by atoms with Crippen molar-refractivity contribution in [1.29, 1.82) is 0 Å². The van der Waals surface area contributed by atoms with Crippen LogP contribution in [-0.2, 0) is 32.5 Å². The van der Waals surface area contributed by atoms with Crippen LogP contribution in [0.1, 0.15) is 79.8 Å². The van der Waals surface area contributed by atoms with Crippen LogP contribution in [0, 0.1) is 24.0 Å². The van der Waals surface area contributed by atoms with E-state index < -0.39 is 46.2 Å². The first-order valence-corrected chi connectivity index (χ1v) is 26.2. The molecule has 2 aromatic heterocycles. The SMILES string of the molecule is COC(=O)C1=C(C)NC(C)=C(C(=O)OC)C1c1ccccc1[N+](=O)[O-].Cc1cc(C=Cc2ccc3cc(N(C)C)ccc3[n+]2C)c(C)n1-c1ccccc1.O=C(O)c1cc2ccccc2c(Cc2c(O)c(C(=O)O)cc3ccccc23)c1[O-]. The van der Waals surface area contributed by atoms with Crippen LogP contribution in [-0.4, -0.2) is 77.0 Å². The van der Waals surface area contributed by atoms with Gasteiger partial charge in [0.2, 0.25) is 11.2 Å². The van der Waals surface area contributed by atoms with Gasteiger partial charge >= 0.3 is 23.9 Å². The molecule has 0 atom stereocenters. The number of hydrogen-bond donors (Lipinski definition) is 4. The van der Waals surface area contributed by atoms with Gasteiger partial charge < -0.3 is 44.7 Å². The first-order valence-electron chi connectivity index (χ1n) is 26.2. The van der Waals surface area contributed by atoms with Crippen LogP contribution in [0.25, 0.3) is 50.3 Å². The number of carboxylic acid groups (broad SMARTS) is 2. The smallest absolute Gasteiger partial charge is 0.339 e. The highest BCUT2D eigenvalue weighted by Crippen LogP contribution is 2.43. The number of fused-ring (bicyclic) bond motifs is 3. The van der Waals surface area contributed by atoms with Crippen molar-refractivity contribution in [3.63, 3.8) is 0 Å². The molecule has 0 spiro atoms. The largest absolute Gasteiger partial charge is 0.872 e. The molecule has 0 amide bonds. The van der Waals surface area contributed by atoms with E-state index in [9.17, 15) is 49.7 Å². The Labute approximate surface area is 478 Å². The van der Waals surface area contributed by atoms with E-state index >= 15 is 0 Å². The van der Waals surface area contributed by atoms with Crippen molar-refractivity contribution >= 4 is 79.9 Å². The fraction of sp³-hybridized carbons (Fsp3) is 0.167. The number of rotatable bonds is 12. The van der Waals surface area contributed by atoms with E-state index in [1.165, 1.54) is 89.5 Å². The van der Waals surface area contributed by atoms with Gasteiger partial charge in [-0.3, -0.25) is 10.1 Å². The van der Waals surface area contributed by atoms with Crippen LogP contribution in [0.3, 0.4) is 0 Å². The summed E-state index contributed by atoms with van der Waals surface area (Å²) in [5.74, 6) is -6.04. The molecule has 1 aliphatic rings. The Hall–Kier alpha value is -10.6. The third-order valence-electron chi connectivity index (χ3n) is 14.7. The number of nitro groups is 1. The third kappa shape index (κ3) is 12.0. The first-order chi connectivity index (χ1) is 39.7. The Morgan fingerprint density at radius 1 is 0.687 bits per heavy atom. The molecule has 0 fully saturated rings. The molecule has 4 N–H and O–H groups in total. The average Bonchev–Trinajstić information content (AvgIpc) is 3.31. The maximum absolute atomic E-state index is 12.9. The lowest BCUT2D eigenvalue weighted by Crippen LogP contribution is -2.32. The summed E-state index contributed by atoms with van der Waals surface area (Å²) < 4.78 is 14.2. The quantitative estimate of drug-likeness (QED) is 0.0385. The minimum absolute atomic E-state index is 0.103. The summed E-state index contributed by atoms with van der Waals surface area (Å²) >= 11 is 0. The van der Waals surface area contributed by atoms with Crippen LogP contribution in [0.2, 0.25) is 0 Å². The number of ether oxygens (including phenoxy) is 2. The number of pyridine rings is 1. The minimum Gasteiger partial charge on any atom is -0.872 e. The van der Waals surface area contributed by atoms with Gasteiger partial charge in [-0.05, 0) is 115 Å². The number of nitro benzene ring substituents is 1. The molecule has 0 unspecified atom stereocenters. The van der Waals surface area contributed by atoms with Crippen LogP contribution in [0.5, 0.6) is 11.5 Å². The molecule has 17 heteroatoms. The number of aromatic nitrogens is 2. The molecule has 17 nitrogen and oxygen atoms in total. The highest BCUT2D eigenvalue weighted by atomic mass is 16.6. The molecule has 10 rings (SSSR count). The summed E-state index contributed by atoms with van der Waals surface area (Å²) in [4.78, 5) is 60.9. The highest BCUT2D eigenvalue weighted by molar-refractivity contribution is 6.03. The average molecular weight is 1120 g/mol. The summed E-state index contributed by atoms with van der Waals surface area (Å²) in [5.41, 5.74) is 9.59. The van der Waals surface area contributed by atoms with Crippen molar-refractivity contribution < 1.29 is 58.6 Å². The Morgan fingerprint density at radius 3 is 1.82 bits per heavy atom. The van der Waals surface area contributed by atoms with E-state index in [-0.39, 0.29) is 51.1 Å². The number of carbonyl (C=O) groups excluding carboxylic acids is 2. The number of carbonyl (C=O) groups is 4. The van der Waals surface area contributed by atoms with Crippen LogP contribution in [0.15, 0.2) is 174 Å². The van der Waals surface area contributed by atoms with Crippen LogP contribution >= 0.6 is 0 Å². The fourth-order valence-corrected chi connectivity index (χ4v) is 10.6. The van der Waals surface area contributed by atoms with Gasteiger partial charge in [-0.25, -0.2) is 19.2 Å². The zero-order valence-corrected chi connectivity index (χ0v) is 47.2. The number of allylic oxidation sites excluding steroid dienone is 2.